The van der Waals surface area contributed by atoms with Crippen molar-refractivity contribution in [3.05, 3.63) is 23.0 Å². The molecule has 3 heterocycles. The van der Waals surface area contributed by atoms with Gasteiger partial charge in [0.05, 0.1) is 12.7 Å². The number of aliphatic hydroxyl groups is 2. The molecule has 0 aliphatic carbocycles. The van der Waals surface area contributed by atoms with E-state index >= 15 is 0 Å². The van der Waals surface area contributed by atoms with Crippen LogP contribution in [0.3, 0.4) is 0 Å². The lowest BCUT2D eigenvalue weighted by Gasteiger charge is -2.16. The number of H-pyrrole nitrogens is 1. The SMILES string of the molecule is O=C(C=S)[C@H]1O[C@@H](n2cnc3c(=O)[nH]cnc32)[C@H](O)[C@@H]1O. The molecular weight excluding hydrogens is 300 g/mol. The fraction of sp³-hybridized carbons (Fsp3) is 0.364. The largest absolute Gasteiger partial charge is 0.387 e. The van der Waals surface area contributed by atoms with Crippen molar-refractivity contribution in [3.8, 4) is 0 Å². The van der Waals surface area contributed by atoms with Gasteiger partial charge in [0.2, 0.25) is 0 Å². The maximum atomic E-state index is 11.6. The van der Waals surface area contributed by atoms with E-state index in [0.29, 0.717) is 0 Å². The van der Waals surface area contributed by atoms with Gasteiger partial charge in [0, 0.05) is 5.37 Å². The number of carbonyl (C=O) groups excluding carboxylic acids is 1. The van der Waals surface area contributed by atoms with Crippen molar-refractivity contribution in [1.82, 2.24) is 19.5 Å². The summed E-state index contributed by atoms with van der Waals surface area (Å²) in [6.07, 6.45) is -2.74. The van der Waals surface area contributed by atoms with E-state index in [4.69, 9.17) is 4.74 Å². The Kier molecular flexibility index (Phi) is 3.37. The highest BCUT2D eigenvalue weighted by Gasteiger charge is 2.47. The van der Waals surface area contributed by atoms with Crippen LogP contribution in [-0.4, -0.2) is 59.2 Å². The Morgan fingerprint density at radius 3 is 2.90 bits per heavy atom. The van der Waals surface area contributed by atoms with E-state index in [2.05, 4.69) is 27.2 Å². The van der Waals surface area contributed by atoms with Crippen LogP contribution in [0.25, 0.3) is 11.2 Å². The molecule has 0 bridgehead atoms. The van der Waals surface area contributed by atoms with Gasteiger partial charge < -0.3 is 19.9 Å². The van der Waals surface area contributed by atoms with Gasteiger partial charge >= 0.3 is 0 Å². The van der Waals surface area contributed by atoms with E-state index in [1.165, 1.54) is 17.2 Å². The van der Waals surface area contributed by atoms with Gasteiger partial charge in [-0.15, -0.1) is 0 Å². The third kappa shape index (κ3) is 2.08. The van der Waals surface area contributed by atoms with Crippen LogP contribution in [0.2, 0.25) is 0 Å². The Hall–Kier alpha value is -2.01. The number of ketones is 1. The Balaban J connectivity index is 2.03. The highest BCUT2D eigenvalue weighted by atomic mass is 32.1. The van der Waals surface area contributed by atoms with E-state index in [9.17, 15) is 19.8 Å². The molecule has 0 aromatic carbocycles. The lowest BCUT2D eigenvalue weighted by molar-refractivity contribution is -0.127. The van der Waals surface area contributed by atoms with Crippen LogP contribution in [0.1, 0.15) is 6.23 Å². The lowest BCUT2D eigenvalue weighted by Crippen LogP contribution is -2.36. The molecular formula is C11H10N4O5S. The molecule has 3 rings (SSSR count). The predicted octanol–water partition coefficient (Wildman–Crippen LogP) is -1.69. The van der Waals surface area contributed by atoms with E-state index in [-0.39, 0.29) is 11.2 Å². The molecule has 1 aliphatic rings. The van der Waals surface area contributed by atoms with Crippen molar-refractivity contribution in [1.29, 1.82) is 0 Å². The summed E-state index contributed by atoms with van der Waals surface area (Å²) in [7, 11) is 0. The average molecular weight is 310 g/mol. The molecule has 21 heavy (non-hydrogen) atoms. The number of aliphatic hydroxyl groups excluding tert-OH is 2. The number of ether oxygens (including phenoxy) is 1. The minimum Gasteiger partial charge on any atom is -0.387 e. The number of hydrogen-bond donors (Lipinski definition) is 3. The van der Waals surface area contributed by atoms with Crippen molar-refractivity contribution >= 4 is 34.5 Å². The zero-order valence-corrected chi connectivity index (χ0v) is 11.2. The monoisotopic (exact) mass is 310 g/mol. The standard InChI is InChI=1S/C11H10N4O5S/c16-4(1-21)8-6(17)7(18)11(20-8)15-3-14-5-9(15)12-2-13-10(5)19/h1-3,6-8,11,17-18H,(H,12,13,19)/t6-,7+,8+,11+/m0/s1. The number of nitrogens with zero attached hydrogens (tertiary/aromatic N) is 3. The molecule has 9 nitrogen and oxygen atoms in total. The van der Waals surface area contributed by atoms with E-state index in [1.807, 2.05) is 0 Å². The molecule has 0 amide bonds. The maximum Gasteiger partial charge on any atom is 0.278 e. The molecule has 0 saturated carbocycles. The van der Waals surface area contributed by atoms with E-state index in [1.54, 1.807) is 0 Å². The van der Waals surface area contributed by atoms with Gasteiger partial charge in [-0.2, -0.15) is 0 Å². The van der Waals surface area contributed by atoms with Crippen LogP contribution < -0.4 is 5.56 Å². The first-order valence-electron chi connectivity index (χ1n) is 5.95. The molecule has 0 spiro atoms. The zero-order chi connectivity index (χ0) is 15.1. The summed E-state index contributed by atoms with van der Waals surface area (Å²) < 4.78 is 6.64. The number of aromatic amines is 1. The fourth-order valence-corrected chi connectivity index (χ4v) is 2.37. The van der Waals surface area contributed by atoms with Gasteiger partial charge in [-0.25, -0.2) is 9.97 Å². The van der Waals surface area contributed by atoms with Gasteiger partial charge in [-0.05, 0) is 0 Å². The van der Waals surface area contributed by atoms with Crippen LogP contribution >= 0.6 is 12.2 Å². The Morgan fingerprint density at radius 2 is 2.19 bits per heavy atom. The zero-order valence-electron chi connectivity index (χ0n) is 10.4. The molecule has 4 atom stereocenters. The molecule has 0 unspecified atom stereocenters. The van der Waals surface area contributed by atoms with Crippen LogP contribution in [-0.2, 0) is 9.53 Å². The van der Waals surface area contributed by atoms with Crippen LogP contribution in [0.4, 0.5) is 0 Å². The highest BCUT2D eigenvalue weighted by molar-refractivity contribution is 7.80. The van der Waals surface area contributed by atoms with Crippen molar-refractivity contribution in [2.45, 2.75) is 24.5 Å². The number of thiocarbonyl (C=S) groups is 1. The summed E-state index contributed by atoms with van der Waals surface area (Å²) in [6.45, 7) is 0. The van der Waals surface area contributed by atoms with Gasteiger partial charge in [0.25, 0.3) is 5.56 Å². The van der Waals surface area contributed by atoms with Crippen LogP contribution in [0.15, 0.2) is 17.4 Å². The maximum absolute atomic E-state index is 11.6. The number of nitrogens with one attached hydrogen (secondary N) is 1. The van der Waals surface area contributed by atoms with Crippen LogP contribution in [0.5, 0.6) is 0 Å². The van der Waals surface area contributed by atoms with Crippen molar-refractivity contribution in [2.24, 2.45) is 0 Å². The summed E-state index contributed by atoms with van der Waals surface area (Å²) in [5, 5.41) is 20.8. The smallest absolute Gasteiger partial charge is 0.278 e. The molecule has 2 aromatic rings. The molecule has 1 saturated heterocycles. The molecule has 3 N–H and O–H groups in total. The quantitative estimate of drug-likeness (QED) is 0.572. The van der Waals surface area contributed by atoms with Crippen molar-refractivity contribution in [2.75, 3.05) is 0 Å². The minimum atomic E-state index is -1.43. The average Bonchev–Trinajstić information content (AvgIpc) is 3.02. The summed E-state index contributed by atoms with van der Waals surface area (Å²) in [4.78, 5) is 33.3. The second-order valence-corrected chi connectivity index (χ2v) is 4.74. The normalized spacial score (nSPS) is 28.9. The molecule has 110 valence electrons. The lowest BCUT2D eigenvalue weighted by atomic mass is 10.1. The topological polar surface area (TPSA) is 130 Å². The van der Waals surface area contributed by atoms with Gasteiger partial charge in [0.15, 0.2) is 29.3 Å². The predicted molar refractivity (Wildman–Crippen MR) is 72.7 cm³/mol. The highest BCUT2D eigenvalue weighted by Crippen LogP contribution is 2.31. The van der Waals surface area contributed by atoms with Gasteiger partial charge in [0.1, 0.15) is 12.2 Å². The van der Waals surface area contributed by atoms with Crippen LogP contribution in [0, 0.1) is 0 Å². The van der Waals surface area contributed by atoms with E-state index < -0.39 is 35.9 Å². The fourth-order valence-electron chi connectivity index (χ4n) is 2.24. The molecule has 1 aliphatic heterocycles. The minimum absolute atomic E-state index is 0.0624. The summed E-state index contributed by atoms with van der Waals surface area (Å²) in [6, 6.07) is 0. The third-order valence-corrected chi connectivity index (χ3v) is 3.51. The summed E-state index contributed by atoms with van der Waals surface area (Å²) in [5.74, 6) is -0.616. The molecule has 1 fully saturated rings. The second-order valence-electron chi connectivity index (χ2n) is 4.50. The number of Topliss-reactive ketones (excluding diaryl/α,β-unsaturated/α-hetero) is 1. The first-order valence-corrected chi connectivity index (χ1v) is 6.42. The number of imidazole rings is 1. The van der Waals surface area contributed by atoms with Gasteiger partial charge in [-0.1, -0.05) is 12.2 Å². The van der Waals surface area contributed by atoms with Crippen molar-refractivity contribution in [3.63, 3.8) is 0 Å². The first-order chi connectivity index (χ1) is 10.0. The number of rotatable bonds is 3. The third-order valence-electron chi connectivity index (χ3n) is 3.27. The van der Waals surface area contributed by atoms with E-state index in [0.717, 1.165) is 5.37 Å². The molecule has 2 aromatic heterocycles. The Labute approximate surface area is 122 Å². The summed E-state index contributed by atoms with van der Waals surface area (Å²) in [5.41, 5.74) is -0.212. The second kappa shape index (κ2) is 5.07. The number of aromatic nitrogens is 4. The Bertz CT molecular complexity index is 771. The van der Waals surface area contributed by atoms with Gasteiger partial charge in [-0.3, -0.25) is 14.2 Å². The number of carbonyl (C=O) groups is 1. The number of fused-ring (bicyclic) bond motifs is 1. The summed E-state index contributed by atoms with van der Waals surface area (Å²) >= 11 is 4.51. The first kappa shape index (κ1) is 13.9. The molecule has 0 radical (unpaired) electrons. The van der Waals surface area contributed by atoms with Crippen molar-refractivity contribution < 1.29 is 19.7 Å². The Morgan fingerprint density at radius 1 is 1.43 bits per heavy atom. The molecule has 10 heteroatoms. The number of hydrogen-bond acceptors (Lipinski definition) is 8.